The molecule has 1 rings (SSSR count). The van der Waals surface area contributed by atoms with E-state index < -0.39 is 0 Å². The van der Waals surface area contributed by atoms with Crippen LogP contribution >= 0.6 is 12.6 Å². The number of rotatable bonds is 7. The molecule has 1 aromatic rings. The molecule has 1 unspecified atom stereocenters. The van der Waals surface area contributed by atoms with Crippen molar-refractivity contribution in [1.29, 1.82) is 0 Å². The second-order valence-electron chi connectivity index (χ2n) is 4.61. The molecular formula is C13H23N3OS. The second kappa shape index (κ2) is 7.46. The Morgan fingerprint density at radius 3 is 2.72 bits per heavy atom. The van der Waals surface area contributed by atoms with Crippen LogP contribution in [-0.2, 0) is 6.54 Å². The van der Waals surface area contributed by atoms with Gasteiger partial charge < -0.3 is 4.90 Å². The van der Waals surface area contributed by atoms with Crippen molar-refractivity contribution in [2.75, 3.05) is 24.2 Å². The average Bonchev–Trinajstić information content (AvgIpc) is 2.37. The summed E-state index contributed by atoms with van der Waals surface area (Å²) in [5, 5.41) is 4.25. The van der Waals surface area contributed by atoms with Crippen LogP contribution in [0.15, 0.2) is 17.1 Å². The highest BCUT2D eigenvalue weighted by atomic mass is 32.1. The van der Waals surface area contributed by atoms with Crippen LogP contribution < -0.4 is 10.5 Å². The van der Waals surface area contributed by atoms with Crippen molar-refractivity contribution < 1.29 is 0 Å². The molecule has 102 valence electrons. The van der Waals surface area contributed by atoms with Crippen molar-refractivity contribution in [1.82, 2.24) is 9.78 Å². The largest absolute Gasteiger partial charge is 0.373 e. The lowest BCUT2D eigenvalue weighted by Gasteiger charge is -2.18. The van der Waals surface area contributed by atoms with Gasteiger partial charge >= 0.3 is 0 Å². The summed E-state index contributed by atoms with van der Waals surface area (Å²) in [5.74, 6) is 1.18. The molecule has 18 heavy (non-hydrogen) atoms. The van der Waals surface area contributed by atoms with Crippen molar-refractivity contribution in [3.8, 4) is 0 Å². The molecule has 5 heteroatoms. The van der Waals surface area contributed by atoms with E-state index in [1.165, 1.54) is 4.68 Å². The van der Waals surface area contributed by atoms with Gasteiger partial charge in [0.25, 0.3) is 5.56 Å². The van der Waals surface area contributed by atoms with Crippen molar-refractivity contribution in [2.24, 2.45) is 5.92 Å². The van der Waals surface area contributed by atoms with Gasteiger partial charge in [-0.05, 0) is 18.1 Å². The summed E-state index contributed by atoms with van der Waals surface area (Å²) in [6.45, 7) is 5.80. The Kier molecular flexibility index (Phi) is 6.25. The summed E-state index contributed by atoms with van der Waals surface area (Å²) < 4.78 is 1.54. The van der Waals surface area contributed by atoms with Crippen LogP contribution in [0, 0.1) is 5.92 Å². The van der Waals surface area contributed by atoms with Crippen molar-refractivity contribution in [3.05, 3.63) is 22.6 Å². The maximum Gasteiger partial charge on any atom is 0.268 e. The highest BCUT2D eigenvalue weighted by Crippen LogP contribution is 2.09. The van der Waals surface area contributed by atoms with Gasteiger partial charge in [-0.2, -0.15) is 17.7 Å². The average molecular weight is 269 g/mol. The van der Waals surface area contributed by atoms with Gasteiger partial charge in [-0.1, -0.05) is 20.3 Å². The Bertz CT molecular complexity index is 415. The molecule has 0 aliphatic carbocycles. The van der Waals surface area contributed by atoms with E-state index in [4.69, 9.17) is 0 Å². The fourth-order valence-electron chi connectivity index (χ4n) is 1.79. The van der Waals surface area contributed by atoms with Gasteiger partial charge in [0.1, 0.15) is 0 Å². The fraction of sp³-hybridized carbons (Fsp3) is 0.692. The zero-order valence-corrected chi connectivity index (χ0v) is 12.4. The Balaban J connectivity index is 2.82. The summed E-state index contributed by atoms with van der Waals surface area (Å²) in [6, 6.07) is 1.66. The topological polar surface area (TPSA) is 38.1 Å². The lowest BCUT2D eigenvalue weighted by Crippen LogP contribution is -2.28. The molecule has 0 fully saturated rings. The SMILES string of the molecule is CCCN(C)c1cnn(CC(CC)CS)c(=O)c1. The molecule has 4 nitrogen and oxygen atoms in total. The second-order valence-corrected chi connectivity index (χ2v) is 4.98. The molecule has 0 radical (unpaired) electrons. The molecular weight excluding hydrogens is 246 g/mol. The van der Waals surface area contributed by atoms with Crippen molar-refractivity contribution in [3.63, 3.8) is 0 Å². The number of thiol groups is 1. The monoisotopic (exact) mass is 269 g/mol. The first-order chi connectivity index (χ1) is 8.62. The number of hydrogen-bond acceptors (Lipinski definition) is 4. The first-order valence-corrected chi connectivity index (χ1v) is 7.14. The third kappa shape index (κ3) is 4.05. The van der Waals surface area contributed by atoms with E-state index in [-0.39, 0.29) is 5.56 Å². The van der Waals surface area contributed by atoms with Gasteiger partial charge in [0.05, 0.1) is 11.9 Å². The third-order valence-corrected chi connectivity index (χ3v) is 3.64. The summed E-state index contributed by atoms with van der Waals surface area (Å²) in [6.07, 6.45) is 3.83. The van der Waals surface area contributed by atoms with Gasteiger partial charge in [-0.15, -0.1) is 0 Å². The molecule has 0 bridgehead atoms. The zero-order chi connectivity index (χ0) is 13.5. The lowest BCUT2D eigenvalue weighted by atomic mass is 10.1. The maximum atomic E-state index is 12.0. The number of aromatic nitrogens is 2. The molecule has 1 aromatic heterocycles. The van der Waals surface area contributed by atoms with Crippen LogP contribution in [0.5, 0.6) is 0 Å². The van der Waals surface area contributed by atoms with Crippen LogP contribution in [0.4, 0.5) is 5.69 Å². The minimum absolute atomic E-state index is 0.0318. The first-order valence-electron chi connectivity index (χ1n) is 6.51. The van der Waals surface area contributed by atoms with E-state index >= 15 is 0 Å². The molecule has 0 saturated heterocycles. The van der Waals surface area contributed by atoms with E-state index in [1.54, 1.807) is 12.3 Å². The van der Waals surface area contributed by atoms with E-state index in [1.807, 2.05) is 7.05 Å². The Morgan fingerprint density at radius 2 is 2.22 bits per heavy atom. The van der Waals surface area contributed by atoms with E-state index in [9.17, 15) is 4.79 Å². The van der Waals surface area contributed by atoms with E-state index in [2.05, 4.69) is 36.5 Å². The van der Waals surface area contributed by atoms with Crippen LogP contribution in [0.25, 0.3) is 0 Å². The normalized spacial score (nSPS) is 12.4. The van der Waals surface area contributed by atoms with E-state index in [0.29, 0.717) is 12.5 Å². The van der Waals surface area contributed by atoms with Crippen LogP contribution in [0.1, 0.15) is 26.7 Å². The number of nitrogens with zero attached hydrogens (tertiary/aromatic N) is 3. The van der Waals surface area contributed by atoms with Crippen molar-refractivity contribution >= 4 is 18.3 Å². The molecule has 0 N–H and O–H groups in total. The zero-order valence-electron chi connectivity index (χ0n) is 11.5. The lowest BCUT2D eigenvalue weighted by molar-refractivity contribution is 0.431. The minimum atomic E-state index is -0.0318. The summed E-state index contributed by atoms with van der Waals surface area (Å²) in [5.41, 5.74) is 0.854. The van der Waals surface area contributed by atoms with Gasteiger partial charge in [-0.3, -0.25) is 4.79 Å². The number of hydrogen-bond donors (Lipinski definition) is 1. The maximum absolute atomic E-state index is 12.0. The Labute approximate surface area is 114 Å². The molecule has 0 aliphatic rings. The molecule has 0 aliphatic heterocycles. The number of anilines is 1. The predicted octanol–water partition coefficient (Wildman–Crippen LogP) is 2.05. The summed E-state index contributed by atoms with van der Waals surface area (Å²) in [7, 11) is 1.98. The van der Waals surface area contributed by atoms with Crippen LogP contribution in [-0.4, -0.2) is 29.1 Å². The minimum Gasteiger partial charge on any atom is -0.373 e. The van der Waals surface area contributed by atoms with Gasteiger partial charge in [0, 0.05) is 26.2 Å². The molecule has 0 amide bonds. The Morgan fingerprint density at radius 1 is 1.50 bits per heavy atom. The van der Waals surface area contributed by atoms with Crippen LogP contribution in [0.2, 0.25) is 0 Å². The van der Waals surface area contributed by atoms with Crippen molar-refractivity contribution in [2.45, 2.75) is 33.2 Å². The van der Waals surface area contributed by atoms with E-state index in [0.717, 1.165) is 30.8 Å². The predicted molar refractivity (Wildman–Crippen MR) is 79.7 cm³/mol. The fourth-order valence-corrected chi connectivity index (χ4v) is 2.17. The highest BCUT2D eigenvalue weighted by Gasteiger charge is 2.09. The highest BCUT2D eigenvalue weighted by molar-refractivity contribution is 7.80. The van der Waals surface area contributed by atoms with Gasteiger partial charge in [0.2, 0.25) is 0 Å². The quantitative estimate of drug-likeness (QED) is 0.770. The molecule has 0 saturated carbocycles. The molecule has 1 atom stereocenters. The van der Waals surface area contributed by atoms with Gasteiger partial charge in [-0.25, -0.2) is 4.68 Å². The summed E-state index contributed by atoms with van der Waals surface area (Å²) >= 11 is 4.29. The van der Waals surface area contributed by atoms with Gasteiger partial charge in [0.15, 0.2) is 0 Å². The molecule has 0 spiro atoms. The smallest absolute Gasteiger partial charge is 0.268 e. The first kappa shape index (κ1) is 15.1. The van der Waals surface area contributed by atoms with Crippen LogP contribution in [0.3, 0.4) is 0 Å². The third-order valence-electron chi connectivity index (χ3n) is 3.12. The Hall–Kier alpha value is -0.970. The molecule has 0 aromatic carbocycles. The standard InChI is InChI=1S/C13H23N3OS/c1-4-6-15(3)12-7-13(17)16(14-8-12)9-11(5-2)10-18/h7-8,11,18H,4-6,9-10H2,1-3H3. The summed E-state index contributed by atoms with van der Waals surface area (Å²) in [4.78, 5) is 14.0. The molecule has 1 heterocycles.